The van der Waals surface area contributed by atoms with Gasteiger partial charge in [0.25, 0.3) is 0 Å². The number of thioether (sulfide) groups is 1. The summed E-state index contributed by atoms with van der Waals surface area (Å²) < 4.78 is 26.9. The van der Waals surface area contributed by atoms with Gasteiger partial charge >= 0.3 is 0 Å². The van der Waals surface area contributed by atoms with E-state index in [0.717, 1.165) is 0 Å². The summed E-state index contributed by atoms with van der Waals surface area (Å²) in [7, 11) is 0. The second-order valence-electron chi connectivity index (χ2n) is 4.48. The minimum atomic E-state index is -0.554. The van der Waals surface area contributed by atoms with Gasteiger partial charge < -0.3 is 5.73 Å². The molecule has 94 valence electrons. The van der Waals surface area contributed by atoms with Crippen molar-refractivity contribution in [1.82, 2.24) is 0 Å². The molecule has 1 aromatic rings. The molecular formula is C13H17F2NS. The van der Waals surface area contributed by atoms with Crippen molar-refractivity contribution in [3.05, 3.63) is 35.4 Å². The highest BCUT2D eigenvalue weighted by atomic mass is 32.2. The van der Waals surface area contributed by atoms with Crippen LogP contribution in [0.25, 0.3) is 0 Å². The van der Waals surface area contributed by atoms with E-state index in [9.17, 15) is 8.78 Å². The summed E-state index contributed by atoms with van der Waals surface area (Å²) in [6.45, 7) is 0. The van der Waals surface area contributed by atoms with Gasteiger partial charge in [0.15, 0.2) is 0 Å². The Balaban J connectivity index is 1.96. The molecule has 0 amide bonds. The first-order valence-electron chi connectivity index (χ1n) is 5.99. The quantitative estimate of drug-likeness (QED) is 0.891. The van der Waals surface area contributed by atoms with Crippen LogP contribution in [0.5, 0.6) is 0 Å². The molecule has 1 fully saturated rings. The van der Waals surface area contributed by atoms with Crippen LogP contribution in [0.4, 0.5) is 8.78 Å². The molecule has 0 aliphatic heterocycles. The summed E-state index contributed by atoms with van der Waals surface area (Å²) in [6, 6.07) is 3.34. The van der Waals surface area contributed by atoms with E-state index in [1.807, 2.05) is 0 Å². The molecule has 4 heteroatoms. The zero-order valence-electron chi connectivity index (χ0n) is 9.66. The average molecular weight is 257 g/mol. The number of rotatable bonds is 4. The number of benzene rings is 1. The van der Waals surface area contributed by atoms with Gasteiger partial charge in [-0.05, 0) is 25.0 Å². The third-order valence-electron chi connectivity index (χ3n) is 3.18. The van der Waals surface area contributed by atoms with Crippen molar-refractivity contribution in [2.75, 3.05) is 5.75 Å². The molecule has 17 heavy (non-hydrogen) atoms. The maximum atomic E-state index is 13.5. The smallest absolute Gasteiger partial charge is 0.130 e. The minimum Gasteiger partial charge on any atom is -0.323 e. The first-order valence-corrected chi connectivity index (χ1v) is 7.04. The van der Waals surface area contributed by atoms with Crippen molar-refractivity contribution in [1.29, 1.82) is 0 Å². The number of halogens is 2. The molecule has 2 rings (SSSR count). The van der Waals surface area contributed by atoms with Gasteiger partial charge in [0, 0.05) is 22.6 Å². The Labute approximate surface area is 105 Å². The Morgan fingerprint density at radius 1 is 1.24 bits per heavy atom. The number of hydrogen-bond donors (Lipinski definition) is 1. The molecule has 0 aromatic heterocycles. The van der Waals surface area contributed by atoms with Crippen molar-refractivity contribution >= 4 is 11.8 Å². The molecule has 0 bridgehead atoms. The Kier molecular flexibility index (Phi) is 4.40. The van der Waals surface area contributed by atoms with Crippen LogP contribution in [-0.4, -0.2) is 11.0 Å². The summed E-state index contributed by atoms with van der Waals surface area (Å²) in [4.78, 5) is 0. The first-order chi connectivity index (χ1) is 8.18. The summed E-state index contributed by atoms with van der Waals surface area (Å²) in [6.07, 6.45) is 4.94. The van der Waals surface area contributed by atoms with Gasteiger partial charge in [0.05, 0.1) is 0 Å². The molecule has 0 heterocycles. The zero-order valence-corrected chi connectivity index (χ0v) is 10.5. The molecule has 2 N–H and O–H groups in total. The Morgan fingerprint density at radius 3 is 2.41 bits per heavy atom. The van der Waals surface area contributed by atoms with E-state index in [4.69, 9.17) is 5.73 Å². The van der Waals surface area contributed by atoms with E-state index in [1.54, 1.807) is 11.8 Å². The average Bonchev–Trinajstić information content (AvgIpc) is 2.79. The largest absolute Gasteiger partial charge is 0.323 e. The van der Waals surface area contributed by atoms with Gasteiger partial charge in [-0.2, -0.15) is 11.8 Å². The molecule has 1 aliphatic carbocycles. The molecule has 0 radical (unpaired) electrons. The first kappa shape index (κ1) is 12.8. The van der Waals surface area contributed by atoms with Crippen molar-refractivity contribution in [3.8, 4) is 0 Å². The molecule has 1 atom stereocenters. The van der Waals surface area contributed by atoms with Crippen molar-refractivity contribution in [3.63, 3.8) is 0 Å². The fourth-order valence-electron chi connectivity index (χ4n) is 2.24. The van der Waals surface area contributed by atoms with E-state index in [1.165, 1.54) is 43.9 Å². The lowest BCUT2D eigenvalue weighted by Crippen LogP contribution is -2.18. The standard InChI is InChI=1S/C13H17F2NS/c14-10-6-3-7-11(15)13(10)12(16)8-17-9-4-1-2-5-9/h3,6-7,9,12H,1-2,4-5,8,16H2. The highest BCUT2D eigenvalue weighted by Crippen LogP contribution is 2.32. The summed E-state index contributed by atoms with van der Waals surface area (Å²) >= 11 is 1.75. The molecule has 0 spiro atoms. The van der Waals surface area contributed by atoms with Gasteiger partial charge in [-0.25, -0.2) is 8.78 Å². The Bertz CT molecular complexity index is 357. The highest BCUT2D eigenvalue weighted by Gasteiger charge is 2.20. The lowest BCUT2D eigenvalue weighted by Gasteiger charge is -2.16. The monoisotopic (exact) mass is 257 g/mol. The van der Waals surface area contributed by atoms with Crippen LogP contribution in [0.2, 0.25) is 0 Å². The second-order valence-corrected chi connectivity index (χ2v) is 5.81. The van der Waals surface area contributed by atoms with Crippen molar-refractivity contribution < 1.29 is 8.78 Å². The Morgan fingerprint density at radius 2 is 1.82 bits per heavy atom. The highest BCUT2D eigenvalue weighted by molar-refractivity contribution is 7.99. The molecular weight excluding hydrogens is 240 g/mol. The second kappa shape index (κ2) is 5.83. The molecule has 1 aromatic carbocycles. The lowest BCUT2D eigenvalue weighted by molar-refractivity contribution is 0.538. The fraction of sp³-hybridized carbons (Fsp3) is 0.538. The Hall–Kier alpha value is -0.610. The molecule has 1 nitrogen and oxygen atoms in total. The fourth-order valence-corrected chi connectivity index (χ4v) is 3.56. The van der Waals surface area contributed by atoms with Gasteiger partial charge in [-0.15, -0.1) is 0 Å². The summed E-state index contributed by atoms with van der Waals surface area (Å²) in [5, 5.41) is 0.621. The van der Waals surface area contributed by atoms with Crippen molar-refractivity contribution in [2.24, 2.45) is 5.73 Å². The van der Waals surface area contributed by atoms with Gasteiger partial charge in [-0.1, -0.05) is 18.9 Å². The summed E-state index contributed by atoms with van der Waals surface area (Å²) in [5.74, 6) is -0.489. The van der Waals surface area contributed by atoms with E-state index >= 15 is 0 Å². The third-order valence-corrected chi connectivity index (χ3v) is 4.68. The van der Waals surface area contributed by atoms with Gasteiger partial charge in [0.2, 0.25) is 0 Å². The molecule has 1 saturated carbocycles. The van der Waals surface area contributed by atoms with Crippen LogP contribution in [0.1, 0.15) is 37.3 Å². The number of nitrogens with two attached hydrogens (primary N) is 1. The van der Waals surface area contributed by atoms with E-state index < -0.39 is 17.7 Å². The topological polar surface area (TPSA) is 26.0 Å². The van der Waals surface area contributed by atoms with Crippen LogP contribution in [0, 0.1) is 11.6 Å². The van der Waals surface area contributed by atoms with Crippen LogP contribution < -0.4 is 5.73 Å². The normalized spacial score (nSPS) is 18.5. The number of hydrogen-bond acceptors (Lipinski definition) is 2. The van der Waals surface area contributed by atoms with Crippen LogP contribution in [0.15, 0.2) is 18.2 Å². The van der Waals surface area contributed by atoms with Gasteiger partial charge in [-0.3, -0.25) is 0 Å². The minimum absolute atomic E-state index is 0.0259. The maximum absolute atomic E-state index is 13.5. The van der Waals surface area contributed by atoms with Crippen molar-refractivity contribution in [2.45, 2.75) is 37.0 Å². The zero-order chi connectivity index (χ0) is 12.3. The van der Waals surface area contributed by atoms with Crippen LogP contribution in [0.3, 0.4) is 0 Å². The molecule has 1 aliphatic rings. The molecule has 0 saturated heterocycles. The van der Waals surface area contributed by atoms with E-state index in [-0.39, 0.29) is 5.56 Å². The predicted octanol–water partition coefficient (Wildman–Crippen LogP) is 3.64. The van der Waals surface area contributed by atoms with E-state index in [2.05, 4.69) is 0 Å². The summed E-state index contributed by atoms with van der Waals surface area (Å²) in [5.41, 5.74) is 5.90. The lowest BCUT2D eigenvalue weighted by atomic mass is 10.1. The SMILES string of the molecule is NC(CSC1CCCC1)c1c(F)cccc1F. The van der Waals surface area contributed by atoms with Crippen LogP contribution in [-0.2, 0) is 0 Å². The maximum Gasteiger partial charge on any atom is 0.130 e. The van der Waals surface area contributed by atoms with Crippen LogP contribution >= 0.6 is 11.8 Å². The predicted molar refractivity (Wildman–Crippen MR) is 68.0 cm³/mol. The van der Waals surface area contributed by atoms with Gasteiger partial charge in [0.1, 0.15) is 11.6 Å². The molecule has 1 unspecified atom stereocenters. The third kappa shape index (κ3) is 3.19. The van der Waals surface area contributed by atoms with E-state index in [0.29, 0.717) is 11.0 Å².